The summed E-state index contributed by atoms with van der Waals surface area (Å²) in [6.07, 6.45) is -12.3. The molecule has 0 unspecified atom stereocenters. The second kappa shape index (κ2) is 13.6. The van der Waals surface area contributed by atoms with Crippen molar-refractivity contribution in [1.82, 2.24) is 0 Å². The molecule has 4 rings (SSSR count). The van der Waals surface area contributed by atoms with Gasteiger partial charge in [0.25, 0.3) is 10.1 Å². The second-order valence-corrected chi connectivity index (χ2v) is 12.6. The van der Waals surface area contributed by atoms with Crippen LogP contribution in [-0.4, -0.2) is 42.1 Å². The van der Waals surface area contributed by atoms with E-state index in [4.69, 9.17) is 28.5 Å². The lowest BCUT2D eigenvalue weighted by molar-refractivity contribution is -0.432. The molecule has 0 aromatic heterocycles. The minimum absolute atomic E-state index is 0.151. The average Bonchev–Trinajstić information content (AvgIpc) is 2.99. The van der Waals surface area contributed by atoms with Crippen LogP contribution in [0.5, 0.6) is 0 Å². The van der Waals surface area contributed by atoms with E-state index in [0.29, 0.717) is 48.4 Å². The van der Waals surface area contributed by atoms with Crippen molar-refractivity contribution in [2.45, 2.75) is 27.6 Å². The molecule has 0 heterocycles. The molecule has 0 aliphatic carbocycles. The zero-order valence-corrected chi connectivity index (χ0v) is 25.9. The van der Waals surface area contributed by atoms with Crippen LogP contribution in [0, 0.1) is 0 Å². The molecule has 0 aliphatic heterocycles. The molecule has 18 heteroatoms. The third kappa shape index (κ3) is 7.19. The summed E-state index contributed by atoms with van der Waals surface area (Å²) < 4.78 is 127. The van der Waals surface area contributed by atoms with Crippen LogP contribution in [0.2, 0.25) is 10.0 Å². The van der Waals surface area contributed by atoms with Crippen molar-refractivity contribution in [3.8, 4) is 0 Å². The SMILES string of the molecule is O=C(c1cccc(SOOO)c1)c1cc(C(c2ccc(Cl)c(C(=O)c3cccc(S(=O)(=O)O)c3)c2)(C(F)(F)F)C(F)(F)F)ccc1Cl. The summed E-state index contributed by atoms with van der Waals surface area (Å²) in [6.45, 7) is 0. The van der Waals surface area contributed by atoms with Gasteiger partial charge in [0.2, 0.25) is 5.41 Å². The Morgan fingerprint density at radius 2 is 1.17 bits per heavy atom. The second-order valence-electron chi connectivity index (χ2n) is 9.55. The van der Waals surface area contributed by atoms with Crippen molar-refractivity contribution in [1.29, 1.82) is 0 Å². The Labute approximate surface area is 275 Å². The van der Waals surface area contributed by atoms with Gasteiger partial charge < -0.3 is 0 Å². The summed E-state index contributed by atoms with van der Waals surface area (Å²) in [6, 6.07) is 11.4. The van der Waals surface area contributed by atoms with Crippen molar-refractivity contribution in [2.75, 3.05) is 0 Å². The molecule has 0 atom stereocenters. The Hall–Kier alpha value is -3.48. The standard InChI is InChI=1S/C29H16Cl2F6O8S2/c30-23-9-7-17(13-21(23)25(38)15-3-1-5-19(11-15)46-45-44-40)27(28(32,33)34,29(35,36)37)18-8-10-24(31)22(14-18)26(39)16-4-2-6-20(12-16)47(41,42)43/h1-14,40H,(H,41,42,43). The molecule has 0 fully saturated rings. The Morgan fingerprint density at radius 3 is 1.62 bits per heavy atom. The van der Waals surface area contributed by atoms with Crippen LogP contribution in [0.25, 0.3) is 0 Å². The van der Waals surface area contributed by atoms with Crippen LogP contribution in [0.15, 0.2) is 94.7 Å². The van der Waals surface area contributed by atoms with Gasteiger partial charge in [-0.3, -0.25) is 14.1 Å². The van der Waals surface area contributed by atoms with Gasteiger partial charge in [0.1, 0.15) is 0 Å². The molecule has 4 aromatic carbocycles. The molecule has 0 saturated heterocycles. The number of alkyl halides is 6. The zero-order valence-electron chi connectivity index (χ0n) is 22.8. The summed E-state index contributed by atoms with van der Waals surface area (Å²) in [5, 5.41) is 10.7. The Kier molecular flexibility index (Phi) is 10.5. The van der Waals surface area contributed by atoms with Gasteiger partial charge in [-0.1, -0.05) is 64.6 Å². The maximum atomic E-state index is 15.0. The fourth-order valence-corrected chi connectivity index (χ4v) is 6.05. The van der Waals surface area contributed by atoms with Crippen molar-refractivity contribution in [2.24, 2.45) is 0 Å². The van der Waals surface area contributed by atoms with Gasteiger partial charge in [-0.25, -0.2) is 5.26 Å². The Balaban J connectivity index is 1.94. The van der Waals surface area contributed by atoms with E-state index in [-0.39, 0.29) is 16.5 Å². The van der Waals surface area contributed by atoms with E-state index in [1.807, 2.05) is 0 Å². The molecule has 47 heavy (non-hydrogen) atoms. The molecule has 0 spiro atoms. The number of rotatable bonds is 10. The molecule has 0 amide bonds. The number of halogens is 8. The van der Waals surface area contributed by atoms with Crippen molar-refractivity contribution < 1.29 is 63.5 Å². The highest BCUT2D eigenvalue weighted by molar-refractivity contribution is 7.94. The fraction of sp³-hybridized carbons (Fsp3) is 0.103. The number of hydrogen-bond donors (Lipinski definition) is 2. The number of carbonyl (C=O) groups is 2. The molecule has 8 nitrogen and oxygen atoms in total. The third-order valence-electron chi connectivity index (χ3n) is 6.79. The van der Waals surface area contributed by atoms with Crippen LogP contribution in [0.4, 0.5) is 26.3 Å². The first kappa shape index (κ1) is 36.4. The highest BCUT2D eigenvalue weighted by Gasteiger charge is 2.72. The van der Waals surface area contributed by atoms with Crippen LogP contribution in [0.3, 0.4) is 0 Å². The van der Waals surface area contributed by atoms with Gasteiger partial charge in [0, 0.05) is 27.1 Å². The molecule has 0 radical (unpaired) electrons. The predicted molar refractivity (Wildman–Crippen MR) is 156 cm³/mol. The van der Waals surface area contributed by atoms with Gasteiger partial charge in [-0.15, -0.1) is 4.33 Å². The van der Waals surface area contributed by atoms with Gasteiger partial charge in [-0.05, 0) is 59.7 Å². The van der Waals surface area contributed by atoms with E-state index in [2.05, 4.69) is 9.37 Å². The minimum Gasteiger partial charge on any atom is -0.289 e. The summed E-state index contributed by atoms with van der Waals surface area (Å²) in [5.74, 6) is -2.34. The lowest BCUT2D eigenvalue weighted by atomic mass is 9.71. The number of hydrogen-bond acceptors (Lipinski definition) is 8. The van der Waals surface area contributed by atoms with Crippen molar-refractivity contribution in [3.05, 3.63) is 128 Å². The molecule has 248 valence electrons. The summed E-state index contributed by atoms with van der Waals surface area (Å²) >= 11 is 12.6. The normalized spacial score (nSPS) is 12.6. The monoisotopic (exact) mass is 740 g/mol. The van der Waals surface area contributed by atoms with Gasteiger partial charge in [0.05, 0.1) is 27.0 Å². The van der Waals surface area contributed by atoms with Crippen LogP contribution in [-0.2, 0) is 24.9 Å². The molecule has 0 bridgehead atoms. The van der Waals surface area contributed by atoms with Crippen LogP contribution >= 0.6 is 35.2 Å². The van der Waals surface area contributed by atoms with E-state index in [0.717, 1.165) is 24.3 Å². The van der Waals surface area contributed by atoms with Crippen LogP contribution in [0.1, 0.15) is 43.0 Å². The molecular weight excluding hydrogens is 725 g/mol. The highest BCUT2D eigenvalue weighted by Crippen LogP contribution is 2.57. The predicted octanol–water partition coefficient (Wildman–Crippen LogP) is 8.54. The quantitative estimate of drug-likeness (QED) is 0.0411. The van der Waals surface area contributed by atoms with Gasteiger partial charge >= 0.3 is 12.4 Å². The Morgan fingerprint density at radius 1 is 0.702 bits per heavy atom. The molecule has 0 aliphatic rings. The Bertz CT molecular complexity index is 1950. The largest absolute Gasteiger partial charge is 0.411 e. The topological polar surface area (TPSA) is 127 Å². The van der Waals surface area contributed by atoms with E-state index >= 15 is 26.3 Å². The summed E-state index contributed by atoms with van der Waals surface area (Å²) in [5.41, 5.74) is -10.2. The first-order valence-electron chi connectivity index (χ1n) is 12.5. The first-order valence-corrected chi connectivity index (χ1v) is 15.4. The van der Waals surface area contributed by atoms with Gasteiger partial charge in [-0.2, -0.15) is 34.8 Å². The number of ketones is 2. The minimum atomic E-state index is -6.16. The first-order chi connectivity index (χ1) is 21.8. The number of benzene rings is 4. The lowest BCUT2D eigenvalue weighted by Gasteiger charge is -2.38. The smallest absolute Gasteiger partial charge is 0.289 e. The average molecular weight is 741 g/mol. The lowest BCUT2D eigenvalue weighted by Crippen LogP contribution is -2.55. The molecule has 4 aromatic rings. The summed E-state index contributed by atoms with van der Waals surface area (Å²) in [4.78, 5) is 26.0. The number of carbonyl (C=O) groups excluding carboxylic acids is 2. The maximum absolute atomic E-state index is 15.0. The zero-order chi connectivity index (χ0) is 34.9. The van der Waals surface area contributed by atoms with E-state index in [1.54, 1.807) is 0 Å². The van der Waals surface area contributed by atoms with Crippen LogP contribution < -0.4 is 0 Å². The maximum Gasteiger partial charge on any atom is 0.411 e. The van der Waals surface area contributed by atoms with Crippen molar-refractivity contribution in [3.63, 3.8) is 0 Å². The highest BCUT2D eigenvalue weighted by atomic mass is 35.5. The molecular formula is C29H16Cl2F6O8S2. The summed E-state index contributed by atoms with van der Waals surface area (Å²) in [7, 11) is -4.84. The van der Waals surface area contributed by atoms with E-state index in [1.165, 1.54) is 18.2 Å². The molecule has 0 saturated carbocycles. The molecule has 2 N–H and O–H groups in total. The van der Waals surface area contributed by atoms with E-state index < -0.39 is 82.2 Å². The third-order valence-corrected chi connectivity index (χ3v) is 8.87. The van der Waals surface area contributed by atoms with Crippen molar-refractivity contribution >= 4 is 56.9 Å². The van der Waals surface area contributed by atoms with E-state index in [9.17, 15) is 22.6 Å². The van der Waals surface area contributed by atoms with Gasteiger partial charge in [0.15, 0.2) is 11.6 Å². The fourth-order valence-electron chi connectivity index (χ4n) is 4.70.